The smallest absolute Gasteiger partial charge is 0.408 e. The first-order valence-electron chi connectivity index (χ1n) is 9.53. The average Bonchev–Trinajstić information content (AvgIpc) is 2.91. The molecular weight excluding hydrogens is 521 g/mol. The van der Waals surface area contributed by atoms with Crippen molar-refractivity contribution in [2.75, 3.05) is 6.61 Å². The second kappa shape index (κ2) is 9.38. The molecule has 3 amide bonds. The molecule has 0 spiro atoms. The fourth-order valence-corrected chi connectivity index (χ4v) is 6.10. The van der Waals surface area contributed by atoms with E-state index in [-0.39, 0.29) is 13.0 Å². The molecule has 0 aromatic heterocycles. The van der Waals surface area contributed by atoms with Gasteiger partial charge in [-0.2, -0.15) is 0 Å². The lowest BCUT2D eigenvalue weighted by Gasteiger charge is -2.50. The monoisotopic (exact) mass is 539 g/mol. The molecule has 2 unspecified atom stereocenters. The Morgan fingerprint density at radius 2 is 1.88 bits per heavy atom. The lowest BCUT2D eigenvalue weighted by Crippen LogP contribution is -2.85. The van der Waals surface area contributed by atoms with Crippen molar-refractivity contribution in [2.24, 2.45) is 0 Å². The molecule has 4 atom stereocenters. The van der Waals surface area contributed by atoms with Gasteiger partial charge in [-0.15, -0.1) is 0 Å². The highest BCUT2D eigenvalue weighted by Gasteiger charge is 2.83. The predicted molar refractivity (Wildman–Crippen MR) is 120 cm³/mol. The van der Waals surface area contributed by atoms with Crippen LogP contribution in [-0.4, -0.2) is 66.1 Å². The molecule has 2 heterocycles. The molecule has 2 aliphatic rings. The maximum absolute atomic E-state index is 13.5. The molecule has 10 nitrogen and oxygen atoms in total. The topological polar surface area (TPSA) is 137 Å². The molecule has 33 heavy (non-hydrogen) atoms. The van der Waals surface area contributed by atoms with E-state index in [1.165, 1.54) is 13.8 Å². The Morgan fingerprint density at radius 3 is 2.45 bits per heavy atom. The van der Waals surface area contributed by atoms with Gasteiger partial charge in [-0.05, 0) is 19.4 Å². The van der Waals surface area contributed by atoms with Crippen LogP contribution in [0, 0.1) is 0 Å². The number of β-lactam (4-membered cyclic amide) rings is 1. The minimum atomic E-state index is -2.05. The third kappa shape index (κ3) is 4.69. The van der Waals surface area contributed by atoms with Crippen LogP contribution < -0.4 is 10.6 Å². The van der Waals surface area contributed by atoms with E-state index in [9.17, 15) is 23.7 Å². The summed E-state index contributed by atoms with van der Waals surface area (Å²) in [4.78, 5) is 48.5. The van der Waals surface area contributed by atoms with Gasteiger partial charge in [0.05, 0.1) is 0 Å². The summed E-state index contributed by atoms with van der Waals surface area (Å²) < 4.78 is 20.4. The number of hydrogen-bond donors (Lipinski definition) is 2. The summed E-state index contributed by atoms with van der Waals surface area (Å²) in [5.74, 6) is -1.58. The molecule has 1 aromatic carbocycles. The highest BCUT2D eigenvalue weighted by molar-refractivity contribution is 7.94. The van der Waals surface area contributed by atoms with Gasteiger partial charge >= 0.3 is 17.1 Å². The molecule has 2 aliphatic heterocycles. The molecule has 2 saturated heterocycles. The number of esters is 1. The summed E-state index contributed by atoms with van der Waals surface area (Å²) in [6, 6.07) is 6.07. The van der Waals surface area contributed by atoms with E-state index in [1.54, 1.807) is 30.3 Å². The predicted octanol–water partition coefficient (Wildman–Crippen LogP) is 1.35. The van der Waals surface area contributed by atoms with Gasteiger partial charge in [0, 0.05) is 11.2 Å². The summed E-state index contributed by atoms with van der Waals surface area (Å²) >= 11 is 14.6. The Labute approximate surface area is 207 Å². The number of carbonyl (C=O) groups excluding carboxylic acids is 4. The second-order valence-electron chi connectivity index (χ2n) is 7.80. The zero-order valence-electron chi connectivity index (χ0n) is 17.4. The van der Waals surface area contributed by atoms with Crippen molar-refractivity contribution in [1.29, 1.82) is 0 Å². The van der Waals surface area contributed by atoms with Crippen molar-refractivity contribution < 1.29 is 33.2 Å². The minimum Gasteiger partial charge on any atom is -0.612 e. The van der Waals surface area contributed by atoms with E-state index in [4.69, 9.17) is 44.3 Å². The number of alkyl carbamates (subject to hydrolysis) is 1. The van der Waals surface area contributed by atoms with E-state index in [1.807, 2.05) is 0 Å². The van der Waals surface area contributed by atoms with E-state index in [2.05, 4.69) is 10.6 Å². The number of nitrogens with one attached hydrogen (secondary N) is 2. The maximum Gasteiger partial charge on any atom is 0.408 e. The first kappa shape index (κ1) is 25.7. The van der Waals surface area contributed by atoms with Gasteiger partial charge in [-0.1, -0.05) is 65.1 Å². The van der Waals surface area contributed by atoms with Gasteiger partial charge in [-0.3, -0.25) is 19.8 Å². The standard InChI is InChI=1S/C19H20Cl3N3O7S/c1-17(2)13(15(28)31-8-11-6-4-3-5-7-11)25-14(27)12(19(25,23-10-26)33(17)30)24-16(29)32-9-18(20,21)22/h3-7,10,12-13H,8-9H2,1-2H3,(H,23,26)(H,24,29)/t12-,13-,19?,33?/m0/s1. The quantitative estimate of drug-likeness (QED) is 0.175. The highest BCUT2D eigenvalue weighted by Crippen LogP contribution is 2.52. The maximum atomic E-state index is 13.5. The first-order valence-corrected chi connectivity index (χ1v) is 11.8. The zero-order valence-corrected chi connectivity index (χ0v) is 20.5. The molecule has 3 rings (SSSR count). The number of halogens is 3. The van der Waals surface area contributed by atoms with Crippen LogP contribution in [0.5, 0.6) is 0 Å². The fourth-order valence-electron chi connectivity index (χ4n) is 3.83. The number of amides is 3. The minimum absolute atomic E-state index is 0.0694. The van der Waals surface area contributed by atoms with E-state index < -0.39 is 61.4 Å². The Morgan fingerprint density at radius 1 is 1.24 bits per heavy atom. The van der Waals surface area contributed by atoms with E-state index in [0.29, 0.717) is 5.56 Å². The molecule has 0 radical (unpaired) electrons. The molecule has 2 fully saturated rings. The number of alkyl halides is 3. The molecule has 0 aliphatic carbocycles. The SMILES string of the molecule is CC1(C)[C@H](C(=O)OCc2ccccc2)N2C(=O)[C@H](NC(=O)OCC(Cl)(Cl)Cl)C2(NC=O)[S+]1[O-]. The Bertz CT molecular complexity index is 946. The number of nitrogens with zero attached hydrogens (tertiary/aromatic N) is 1. The largest absolute Gasteiger partial charge is 0.612 e. The van der Waals surface area contributed by atoms with Crippen LogP contribution in [0.1, 0.15) is 19.4 Å². The van der Waals surface area contributed by atoms with Crippen molar-refractivity contribution in [3.8, 4) is 0 Å². The van der Waals surface area contributed by atoms with Crippen molar-refractivity contribution in [3.05, 3.63) is 35.9 Å². The normalized spacial score (nSPS) is 27.8. The van der Waals surface area contributed by atoms with E-state index in [0.717, 1.165) is 4.90 Å². The lowest BCUT2D eigenvalue weighted by atomic mass is 9.93. The summed E-state index contributed by atoms with van der Waals surface area (Å²) in [5.41, 5.74) is 0.714. The fraction of sp³-hybridized carbons (Fsp3) is 0.474. The first-order chi connectivity index (χ1) is 15.4. The number of benzene rings is 1. The molecule has 0 saturated carbocycles. The van der Waals surface area contributed by atoms with Crippen LogP contribution in [0.3, 0.4) is 0 Å². The van der Waals surface area contributed by atoms with Gasteiger partial charge in [0.1, 0.15) is 13.2 Å². The highest BCUT2D eigenvalue weighted by atomic mass is 35.6. The van der Waals surface area contributed by atoms with Crippen molar-refractivity contribution in [1.82, 2.24) is 15.5 Å². The van der Waals surface area contributed by atoms with Crippen LogP contribution in [0.15, 0.2) is 30.3 Å². The third-order valence-electron chi connectivity index (χ3n) is 5.25. The Balaban J connectivity index is 1.82. The molecule has 0 bridgehead atoms. The van der Waals surface area contributed by atoms with Gasteiger partial charge in [0.2, 0.25) is 16.2 Å². The molecule has 1 aromatic rings. The van der Waals surface area contributed by atoms with Gasteiger partial charge in [0.25, 0.3) is 5.91 Å². The summed E-state index contributed by atoms with van der Waals surface area (Å²) in [5, 5.41) is 4.57. The Hall–Kier alpha value is -1.92. The van der Waals surface area contributed by atoms with E-state index >= 15 is 0 Å². The van der Waals surface area contributed by atoms with Crippen LogP contribution >= 0.6 is 34.8 Å². The number of ether oxygens (including phenoxy) is 2. The van der Waals surface area contributed by atoms with Gasteiger partial charge < -0.3 is 19.3 Å². The number of carbonyl (C=O) groups is 4. The summed E-state index contributed by atoms with van der Waals surface area (Å²) in [6.07, 6.45) is -0.914. The molecule has 14 heteroatoms. The van der Waals surface area contributed by atoms with Crippen molar-refractivity contribution >= 4 is 70.4 Å². The summed E-state index contributed by atoms with van der Waals surface area (Å²) in [6.45, 7) is 2.30. The number of rotatable bonds is 7. The molecule has 180 valence electrons. The Kier molecular flexibility index (Phi) is 7.30. The second-order valence-corrected chi connectivity index (χ2v) is 12.5. The van der Waals surface area contributed by atoms with Crippen LogP contribution in [0.4, 0.5) is 4.79 Å². The molecule has 2 N–H and O–H groups in total. The van der Waals surface area contributed by atoms with Crippen molar-refractivity contribution in [3.63, 3.8) is 0 Å². The van der Waals surface area contributed by atoms with Gasteiger partial charge in [0.15, 0.2) is 10.8 Å². The molecular formula is C19H20Cl3N3O7S. The lowest BCUT2D eigenvalue weighted by molar-refractivity contribution is -0.173. The number of hydrogen-bond acceptors (Lipinski definition) is 7. The average molecular weight is 541 g/mol. The van der Waals surface area contributed by atoms with Crippen LogP contribution in [0.25, 0.3) is 0 Å². The number of fused-ring (bicyclic) bond motifs is 1. The zero-order chi connectivity index (χ0) is 24.6. The van der Waals surface area contributed by atoms with Crippen molar-refractivity contribution in [2.45, 2.75) is 46.1 Å². The summed E-state index contributed by atoms with van der Waals surface area (Å²) in [7, 11) is 0. The van der Waals surface area contributed by atoms with Gasteiger partial charge in [-0.25, -0.2) is 9.59 Å². The van der Waals surface area contributed by atoms with Crippen LogP contribution in [-0.2, 0) is 41.6 Å². The third-order valence-corrected chi connectivity index (χ3v) is 7.87. The van der Waals surface area contributed by atoms with Crippen LogP contribution in [0.2, 0.25) is 0 Å².